The molecule has 3 heterocycles. The quantitative estimate of drug-likeness (QED) is 0.378. The van der Waals surface area contributed by atoms with Crippen molar-refractivity contribution in [1.82, 2.24) is 4.98 Å². The van der Waals surface area contributed by atoms with Gasteiger partial charge in [-0.25, -0.2) is 4.98 Å². The molecule has 1 saturated heterocycles. The Hall–Kier alpha value is -2.05. The van der Waals surface area contributed by atoms with Crippen molar-refractivity contribution in [2.45, 2.75) is 92.5 Å². The van der Waals surface area contributed by atoms with E-state index in [4.69, 9.17) is 9.47 Å². The number of hydrogen-bond donors (Lipinski definition) is 0. The summed E-state index contributed by atoms with van der Waals surface area (Å²) in [5.74, 6) is -0.447. The molecule has 180 valence electrons. The lowest BCUT2D eigenvalue weighted by Gasteiger charge is -2.44. The summed E-state index contributed by atoms with van der Waals surface area (Å²) in [5.41, 5.74) is 3.39. The van der Waals surface area contributed by atoms with Crippen LogP contribution in [0.4, 0.5) is 0 Å². The lowest BCUT2D eigenvalue weighted by molar-refractivity contribution is -0.174. The number of ether oxygens (including phenoxy) is 2. The molecule has 4 atom stereocenters. The first kappa shape index (κ1) is 25.6. The molecule has 2 aliphatic heterocycles. The summed E-state index contributed by atoms with van der Waals surface area (Å²) < 4.78 is 12.4. The fourth-order valence-corrected chi connectivity index (χ4v) is 5.23. The summed E-state index contributed by atoms with van der Waals surface area (Å²) in [7, 11) is 0. The zero-order valence-corrected chi connectivity index (χ0v) is 21.8. The number of ketones is 1. The maximum absolute atomic E-state index is 13.2. The van der Waals surface area contributed by atoms with E-state index < -0.39 is 11.5 Å². The van der Waals surface area contributed by atoms with E-state index in [1.54, 1.807) is 11.3 Å². The van der Waals surface area contributed by atoms with Gasteiger partial charge in [0, 0.05) is 17.7 Å². The number of Topliss-reactive ketones (excluding diaryl/α,β-unsaturated/α-hetero) is 1. The van der Waals surface area contributed by atoms with Crippen molar-refractivity contribution >= 4 is 29.2 Å². The molecule has 2 aliphatic rings. The van der Waals surface area contributed by atoms with Crippen LogP contribution in [0.3, 0.4) is 0 Å². The minimum Gasteiger partial charge on any atom is -0.457 e. The highest BCUT2D eigenvalue weighted by Crippen LogP contribution is 2.40. The molecular formula is C27H37NO4S. The number of thiazole rings is 1. The third kappa shape index (κ3) is 6.10. The summed E-state index contributed by atoms with van der Waals surface area (Å²) >= 11 is 1.60. The smallest absolute Gasteiger partial charge is 0.309 e. The summed E-state index contributed by atoms with van der Waals surface area (Å²) in [4.78, 5) is 30.8. The van der Waals surface area contributed by atoms with Crippen LogP contribution in [0.1, 0.15) is 77.9 Å². The van der Waals surface area contributed by atoms with E-state index in [1.807, 2.05) is 53.0 Å². The second kappa shape index (κ2) is 10.5. The first-order chi connectivity index (χ1) is 15.5. The van der Waals surface area contributed by atoms with Crippen LogP contribution in [-0.2, 0) is 19.1 Å². The number of aryl methyl sites for hydroxylation is 1. The van der Waals surface area contributed by atoms with Gasteiger partial charge in [0.2, 0.25) is 0 Å². The zero-order valence-electron chi connectivity index (χ0n) is 20.9. The molecule has 5 nitrogen and oxygen atoms in total. The maximum atomic E-state index is 13.2. The van der Waals surface area contributed by atoms with Gasteiger partial charge in [-0.2, -0.15) is 0 Å². The van der Waals surface area contributed by atoms with Crippen LogP contribution in [0, 0.1) is 18.3 Å². The monoisotopic (exact) mass is 471 g/mol. The van der Waals surface area contributed by atoms with Crippen LogP contribution in [0.25, 0.3) is 6.08 Å². The van der Waals surface area contributed by atoms with Gasteiger partial charge in [-0.05, 0) is 57.8 Å². The molecule has 0 aliphatic carbocycles. The number of esters is 1. The largest absolute Gasteiger partial charge is 0.457 e. The van der Waals surface area contributed by atoms with Crippen LogP contribution in [0.15, 0.2) is 34.3 Å². The topological polar surface area (TPSA) is 65.5 Å². The molecule has 3 rings (SSSR count). The van der Waals surface area contributed by atoms with E-state index in [0.717, 1.165) is 34.7 Å². The standard InChI is InChI=1S/C27H37NO4S/c1-16-9-8-10-17(2)25-19(4)26(30)27(6,7)23(32-25)14-24(29)31-22(12-11-16)18(3)13-21-15-33-20(5)28-21/h10-11,13,15,19,22-23,25H,8-9,12,14H2,1-7H3/b16-11+,17-10+,18-13-/t19-,22+,23+,25-/m1/s1. The van der Waals surface area contributed by atoms with E-state index >= 15 is 0 Å². The summed E-state index contributed by atoms with van der Waals surface area (Å²) in [6.45, 7) is 13.8. The predicted octanol–water partition coefficient (Wildman–Crippen LogP) is 6.23. The second-order valence-corrected chi connectivity index (χ2v) is 11.1. The normalized spacial score (nSPS) is 32.8. The molecule has 0 unspecified atom stereocenters. The molecule has 0 N–H and O–H groups in total. The number of allylic oxidation sites excluding steroid dienone is 2. The van der Waals surface area contributed by atoms with Crippen molar-refractivity contribution in [2.24, 2.45) is 11.3 Å². The third-order valence-corrected chi connectivity index (χ3v) is 7.69. The van der Waals surface area contributed by atoms with Crippen LogP contribution in [0.5, 0.6) is 0 Å². The zero-order chi connectivity index (χ0) is 24.3. The molecule has 6 heteroatoms. The summed E-state index contributed by atoms with van der Waals surface area (Å²) in [5, 5.41) is 3.01. The number of carbonyl (C=O) groups is 2. The lowest BCUT2D eigenvalue weighted by Crippen LogP contribution is -2.53. The number of rotatable bonds is 2. The maximum Gasteiger partial charge on any atom is 0.309 e. The molecule has 0 amide bonds. The van der Waals surface area contributed by atoms with E-state index in [9.17, 15) is 9.59 Å². The van der Waals surface area contributed by atoms with Crippen molar-refractivity contribution in [2.75, 3.05) is 0 Å². The fourth-order valence-electron chi connectivity index (χ4n) is 4.66. The van der Waals surface area contributed by atoms with Gasteiger partial charge in [0.25, 0.3) is 0 Å². The SMILES string of the molecule is C/C(=C/c1csc(C)n1)[C@@H]1C/C=C(\C)CC/C=C(\C)[C@H]2O[C@@H](CC(=O)O1)C(C)(C)C(=O)[C@@H]2C. The number of hydrogen-bond acceptors (Lipinski definition) is 6. The average Bonchev–Trinajstić information content (AvgIpc) is 3.15. The summed E-state index contributed by atoms with van der Waals surface area (Å²) in [6, 6.07) is 0. The van der Waals surface area contributed by atoms with Gasteiger partial charge in [-0.1, -0.05) is 38.5 Å². The second-order valence-electron chi connectivity index (χ2n) is 10.1. The average molecular weight is 472 g/mol. The molecule has 0 aromatic carbocycles. The highest BCUT2D eigenvalue weighted by Gasteiger charge is 2.49. The minimum absolute atomic E-state index is 0.0531. The number of fused-ring (bicyclic) bond motifs is 2. The van der Waals surface area contributed by atoms with Crippen LogP contribution in [-0.4, -0.2) is 35.0 Å². The number of cyclic esters (lactones) is 1. The Morgan fingerprint density at radius 2 is 1.94 bits per heavy atom. The molecule has 1 aromatic heterocycles. The molecule has 1 aromatic rings. The van der Waals surface area contributed by atoms with Gasteiger partial charge in [0.15, 0.2) is 0 Å². The predicted molar refractivity (Wildman–Crippen MR) is 133 cm³/mol. The van der Waals surface area contributed by atoms with Crippen LogP contribution < -0.4 is 0 Å². The number of nitrogens with zero attached hydrogens (tertiary/aromatic N) is 1. The van der Waals surface area contributed by atoms with Gasteiger partial charge in [-0.3, -0.25) is 9.59 Å². The Balaban J connectivity index is 1.91. The lowest BCUT2D eigenvalue weighted by atomic mass is 9.71. The Morgan fingerprint density at radius 1 is 1.21 bits per heavy atom. The highest BCUT2D eigenvalue weighted by atomic mass is 32.1. The molecule has 2 bridgehead atoms. The molecular weight excluding hydrogens is 434 g/mol. The van der Waals surface area contributed by atoms with Crippen molar-refractivity contribution in [3.05, 3.63) is 45.0 Å². The molecule has 0 saturated carbocycles. The van der Waals surface area contributed by atoms with E-state index in [-0.39, 0.29) is 36.3 Å². The summed E-state index contributed by atoms with van der Waals surface area (Å²) in [6.07, 6.45) is 7.60. The Labute approximate surface area is 202 Å². The molecule has 1 fully saturated rings. The van der Waals surface area contributed by atoms with Gasteiger partial charge < -0.3 is 9.47 Å². The van der Waals surface area contributed by atoms with Crippen molar-refractivity contribution in [1.29, 1.82) is 0 Å². The number of carbonyl (C=O) groups excluding carboxylic acids is 2. The highest BCUT2D eigenvalue weighted by molar-refractivity contribution is 7.09. The first-order valence-electron chi connectivity index (χ1n) is 11.8. The van der Waals surface area contributed by atoms with Crippen molar-refractivity contribution in [3.8, 4) is 0 Å². The van der Waals surface area contributed by atoms with Gasteiger partial charge >= 0.3 is 5.97 Å². The Bertz CT molecular complexity index is 984. The van der Waals surface area contributed by atoms with E-state index in [1.165, 1.54) is 5.57 Å². The van der Waals surface area contributed by atoms with E-state index in [2.05, 4.69) is 24.1 Å². The minimum atomic E-state index is -0.749. The first-order valence-corrected chi connectivity index (χ1v) is 12.7. The van der Waals surface area contributed by atoms with Crippen molar-refractivity contribution < 1.29 is 19.1 Å². The Morgan fingerprint density at radius 3 is 2.61 bits per heavy atom. The van der Waals surface area contributed by atoms with Gasteiger partial charge in [-0.15, -0.1) is 11.3 Å². The molecule has 0 spiro atoms. The Kier molecular flexibility index (Phi) is 8.12. The fraction of sp³-hybridized carbons (Fsp3) is 0.593. The van der Waals surface area contributed by atoms with Crippen LogP contribution in [0.2, 0.25) is 0 Å². The van der Waals surface area contributed by atoms with Gasteiger partial charge in [0.05, 0.1) is 34.7 Å². The molecule has 33 heavy (non-hydrogen) atoms. The third-order valence-electron chi connectivity index (χ3n) is 6.90. The van der Waals surface area contributed by atoms with Crippen LogP contribution >= 0.6 is 11.3 Å². The number of aromatic nitrogens is 1. The van der Waals surface area contributed by atoms with E-state index in [0.29, 0.717) is 6.42 Å². The molecule has 0 radical (unpaired) electrons. The van der Waals surface area contributed by atoms with Crippen molar-refractivity contribution in [3.63, 3.8) is 0 Å². The van der Waals surface area contributed by atoms with Gasteiger partial charge in [0.1, 0.15) is 11.9 Å².